The summed E-state index contributed by atoms with van der Waals surface area (Å²) in [6, 6.07) is 44.0. The Labute approximate surface area is 207 Å². The van der Waals surface area contributed by atoms with Gasteiger partial charge in [0.2, 0.25) is 7.29 Å². The van der Waals surface area contributed by atoms with E-state index in [1.54, 1.807) is 0 Å². The van der Waals surface area contributed by atoms with E-state index < -0.39 is 7.29 Å². The van der Waals surface area contributed by atoms with Crippen molar-refractivity contribution in [3.05, 3.63) is 139 Å². The Morgan fingerprint density at radius 3 is 2.11 bits per heavy atom. The molecule has 0 saturated carbocycles. The van der Waals surface area contributed by atoms with E-state index in [2.05, 4.69) is 109 Å². The summed E-state index contributed by atoms with van der Waals surface area (Å²) in [5, 5.41) is 3.12. The molecule has 1 heterocycles. The van der Waals surface area contributed by atoms with Gasteiger partial charge in [0.25, 0.3) is 0 Å². The third-order valence-electron chi connectivity index (χ3n) is 7.40. The second-order valence-electron chi connectivity index (χ2n) is 9.39. The lowest BCUT2D eigenvalue weighted by Crippen LogP contribution is -2.25. The molecule has 0 fully saturated rings. The van der Waals surface area contributed by atoms with E-state index in [-0.39, 0.29) is 11.8 Å². The molecule has 1 aliphatic rings. The molecule has 5 aromatic rings. The van der Waals surface area contributed by atoms with E-state index >= 15 is 4.57 Å². The van der Waals surface area contributed by atoms with Gasteiger partial charge in [-0.2, -0.15) is 0 Å². The van der Waals surface area contributed by atoms with E-state index in [9.17, 15) is 0 Å². The fourth-order valence-electron chi connectivity index (χ4n) is 5.67. The lowest BCUT2D eigenvalue weighted by Gasteiger charge is -2.35. The summed E-state index contributed by atoms with van der Waals surface area (Å²) in [7, 11) is -3.14. The highest BCUT2D eigenvalue weighted by atomic mass is 31.2. The summed E-state index contributed by atoms with van der Waals surface area (Å²) in [4.78, 5) is 0. The molecule has 0 aromatic heterocycles. The van der Waals surface area contributed by atoms with Crippen LogP contribution in [0.4, 0.5) is 11.4 Å². The first-order chi connectivity index (χ1) is 17.2. The highest BCUT2D eigenvalue weighted by Gasteiger charge is 2.43. The summed E-state index contributed by atoms with van der Waals surface area (Å²) >= 11 is 0. The zero-order valence-corrected chi connectivity index (χ0v) is 20.7. The van der Waals surface area contributed by atoms with E-state index in [1.165, 1.54) is 11.1 Å². The van der Waals surface area contributed by atoms with Gasteiger partial charge in [0, 0.05) is 17.2 Å². The maximum Gasteiger partial charge on any atom is 0.206 e. The average Bonchev–Trinajstić information content (AvgIpc) is 3.02. The molecule has 0 spiro atoms. The lowest BCUT2D eigenvalue weighted by molar-refractivity contribution is 0.568. The molecule has 1 aliphatic heterocycles. The van der Waals surface area contributed by atoms with E-state index in [1.807, 2.05) is 30.3 Å². The molecule has 3 atom stereocenters. The molecule has 3 unspecified atom stereocenters. The van der Waals surface area contributed by atoms with Crippen LogP contribution in [0.2, 0.25) is 0 Å². The van der Waals surface area contributed by atoms with E-state index in [0.29, 0.717) is 6.16 Å². The van der Waals surface area contributed by atoms with Gasteiger partial charge in [-0.05, 0) is 58.0 Å². The van der Waals surface area contributed by atoms with Gasteiger partial charge in [-0.25, -0.2) is 0 Å². The van der Waals surface area contributed by atoms with Gasteiger partial charge >= 0.3 is 0 Å². The Hall–Kier alpha value is -3.61. The highest BCUT2D eigenvalue weighted by molar-refractivity contribution is 7.74. The van der Waals surface area contributed by atoms with Crippen LogP contribution in [0.15, 0.2) is 127 Å². The number of anilines is 2. The number of benzene rings is 5. The molecule has 6 rings (SSSR count). The molecule has 0 amide bonds. The van der Waals surface area contributed by atoms with Gasteiger partial charge in [-0.1, -0.05) is 110 Å². The van der Waals surface area contributed by atoms with Gasteiger partial charge in [0.05, 0.1) is 5.69 Å². The van der Waals surface area contributed by atoms with Gasteiger partial charge in [0.1, 0.15) is 0 Å². The summed E-state index contributed by atoms with van der Waals surface area (Å²) < 4.78 is 18.0. The van der Waals surface area contributed by atoms with Crippen LogP contribution in [0.25, 0.3) is 10.8 Å². The fraction of sp³-hybridized carbons (Fsp3) is 0.125. The number of para-hydroxylation sites is 2. The third kappa shape index (κ3) is 3.70. The summed E-state index contributed by atoms with van der Waals surface area (Å²) in [5.74, 6) is 0.335. The van der Waals surface area contributed by atoms with Crippen molar-refractivity contribution in [1.82, 2.24) is 0 Å². The minimum absolute atomic E-state index is 0.121. The number of nitrogens with zero attached hydrogens (tertiary/aromatic N) is 1. The minimum atomic E-state index is -3.14. The number of rotatable bonds is 3. The molecule has 0 bridgehead atoms. The second kappa shape index (κ2) is 8.87. The second-order valence-corrected chi connectivity index (χ2v) is 12.0. The summed E-state index contributed by atoms with van der Waals surface area (Å²) in [6.07, 6.45) is 0.565. The lowest BCUT2D eigenvalue weighted by atomic mass is 9.83. The smallest absolute Gasteiger partial charge is 0.206 e. The van der Waals surface area contributed by atoms with E-state index in [4.69, 9.17) is 0 Å². The molecule has 3 heteroatoms. The van der Waals surface area contributed by atoms with Crippen LogP contribution in [0, 0.1) is 0 Å². The zero-order chi connectivity index (χ0) is 23.8. The number of hydrogen-bond donors (Lipinski definition) is 0. The molecule has 35 heavy (non-hydrogen) atoms. The van der Waals surface area contributed by atoms with Crippen LogP contribution < -0.4 is 9.97 Å². The zero-order valence-electron chi connectivity index (χ0n) is 19.8. The van der Waals surface area contributed by atoms with Crippen LogP contribution in [0.5, 0.6) is 0 Å². The Bertz CT molecular complexity index is 1520. The molecule has 0 saturated heterocycles. The summed E-state index contributed by atoms with van der Waals surface area (Å²) in [5.41, 5.74) is 4.49. The molecule has 0 radical (unpaired) electrons. The Morgan fingerprint density at radius 1 is 0.686 bits per heavy atom. The maximum atomic E-state index is 15.8. The summed E-state index contributed by atoms with van der Waals surface area (Å²) in [6.45, 7) is 2.29. The van der Waals surface area contributed by atoms with Crippen molar-refractivity contribution in [3.63, 3.8) is 0 Å². The SMILES string of the molecule is CC1c2ccccc2N(c2ccccc2)P(=O)(c2cccc3ccccc23)CC1c1ccccc1. The first kappa shape index (κ1) is 21.9. The van der Waals surface area contributed by atoms with Gasteiger partial charge in [-0.3, -0.25) is 9.24 Å². The largest absolute Gasteiger partial charge is 0.295 e. The van der Waals surface area contributed by atoms with Crippen LogP contribution in [0.3, 0.4) is 0 Å². The fourth-order valence-corrected chi connectivity index (χ4v) is 9.24. The predicted octanol–water partition coefficient (Wildman–Crippen LogP) is 8.48. The number of hydrogen-bond acceptors (Lipinski definition) is 1. The van der Waals surface area contributed by atoms with Crippen molar-refractivity contribution in [3.8, 4) is 0 Å². The first-order valence-corrected chi connectivity index (χ1v) is 14.1. The van der Waals surface area contributed by atoms with Crippen LogP contribution >= 0.6 is 7.29 Å². The Kier molecular flexibility index (Phi) is 5.55. The standard InChI is InChI=1S/C32H28NOP/c1-24-28-19-10-11-21-31(28)33(27-17-6-3-7-18-27)35(34,23-30(24)26-13-4-2-5-14-26)32-22-12-16-25-15-8-9-20-29(25)32/h2-22,24,30H,23H2,1H3. The van der Waals surface area contributed by atoms with Crippen molar-refractivity contribution in [2.24, 2.45) is 0 Å². The third-order valence-corrected chi connectivity index (χ3v) is 10.5. The van der Waals surface area contributed by atoms with Crippen LogP contribution in [-0.4, -0.2) is 6.16 Å². The molecular weight excluding hydrogens is 445 g/mol. The molecule has 0 N–H and O–H groups in total. The Balaban J connectivity index is 1.69. The average molecular weight is 474 g/mol. The maximum absolute atomic E-state index is 15.8. The molecule has 0 aliphatic carbocycles. The van der Waals surface area contributed by atoms with E-state index in [0.717, 1.165) is 27.5 Å². The van der Waals surface area contributed by atoms with Crippen molar-refractivity contribution >= 4 is 34.7 Å². The molecular formula is C32H28NOP. The number of fused-ring (bicyclic) bond motifs is 2. The quantitative estimate of drug-likeness (QED) is 0.245. The van der Waals surface area contributed by atoms with Crippen molar-refractivity contribution < 1.29 is 4.57 Å². The van der Waals surface area contributed by atoms with Crippen molar-refractivity contribution in [1.29, 1.82) is 0 Å². The predicted molar refractivity (Wildman–Crippen MR) is 149 cm³/mol. The van der Waals surface area contributed by atoms with Crippen molar-refractivity contribution in [2.75, 3.05) is 10.8 Å². The molecule has 5 aromatic carbocycles. The molecule has 172 valence electrons. The van der Waals surface area contributed by atoms with Crippen LogP contribution in [-0.2, 0) is 4.57 Å². The van der Waals surface area contributed by atoms with Gasteiger partial charge < -0.3 is 0 Å². The first-order valence-electron chi connectivity index (χ1n) is 12.2. The van der Waals surface area contributed by atoms with Crippen molar-refractivity contribution in [2.45, 2.75) is 18.8 Å². The monoisotopic (exact) mass is 473 g/mol. The van der Waals surface area contributed by atoms with Gasteiger partial charge in [0.15, 0.2) is 0 Å². The Morgan fingerprint density at radius 2 is 1.31 bits per heavy atom. The minimum Gasteiger partial charge on any atom is -0.295 e. The molecule has 2 nitrogen and oxygen atoms in total. The topological polar surface area (TPSA) is 20.3 Å². The normalized spacial score (nSPS) is 21.9. The van der Waals surface area contributed by atoms with Crippen LogP contribution in [0.1, 0.15) is 29.9 Å². The van der Waals surface area contributed by atoms with Gasteiger partial charge in [-0.15, -0.1) is 0 Å². The highest BCUT2D eigenvalue weighted by Crippen LogP contribution is 2.63.